The number of amides is 1. The molecule has 0 aliphatic heterocycles. The van der Waals surface area contributed by atoms with Crippen LogP contribution in [-0.4, -0.2) is 28.3 Å². The number of halogens is 4. The molecule has 0 spiro atoms. The van der Waals surface area contributed by atoms with Gasteiger partial charge in [-0.3, -0.25) is 9.48 Å². The minimum absolute atomic E-state index is 0.0264. The SMILES string of the molecule is Cn1nccc1-c1ccc(C(=O)N[C@H](CN)Cc2ccccc2C(F)(F)F)cc1F. The van der Waals surface area contributed by atoms with E-state index in [1.165, 1.54) is 41.2 Å². The molecule has 3 N–H and O–H groups in total. The normalized spacial score (nSPS) is 12.6. The molecule has 0 radical (unpaired) electrons. The molecule has 0 unspecified atom stereocenters. The fraction of sp³-hybridized carbons (Fsp3) is 0.238. The zero-order valence-electron chi connectivity index (χ0n) is 16.1. The fourth-order valence-corrected chi connectivity index (χ4v) is 3.20. The van der Waals surface area contributed by atoms with Crippen molar-refractivity contribution in [3.63, 3.8) is 0 Å². The second-order valence-electron chi connectivity index (χ2n) is 6.80. The molecule has 1 amide bonds. The minimum atomic E-state index is -4.51. The van der Waals surface area contributed by atoms with Crippen LogP contribution in [0, 0.1) is 5.82 Å². The zero-order chi connectivity index (χ0) is 21.9. The highest BCUT2D eigenvalue weighted by Gasteiger charge is 2.33. The first-order valence-corrected chi connectivity index (χ1v) is 9.14. The molecule has 0 aliphatic rings. The summed E-state index contributed by atoms with van der Waals surface area (Å²) in [6, 6.07) is 9.99. The van der Waals surface area contributed by atoms with Crippen molar-refractivity contribution in [1.82, 2.24) is 15.1 Å². The monoisotopic (exact) mass is 420 g/mol. The van der Waals surface area contributed by atoms with Crippen molar-refractivity contribution >= 4 is 5.91 Å². The molecule has 0 aliphatic carbocycles. The van der Waals surface area contributed by atoms with Crippen LogP contribution in [0.2, 0.25) is 0 Å². The highest BCUT2D eigenvalue weighted by Crippen LogP contribution is 2.32. The van der Waals surface area contributed by atoms with Crippen LogP contribution in [-0.2, 0) is 19.6 Å². The van der Waals surface area contributed by atoms with E-state index in [2.05, 4.69) is 10.4 Å². The summed E-state index contributed by atoms with van der Waals surface area (Å²) in [7, 11) is 1.67. The van der Waals surface area contributed by atoms with Crippen molar-refractivity contribution in [2.45, 2.75) is 18.6 Å². The average Bonchev–Trinajstić information content (AvgIpc) is 3.12. The molecule has 30 heavy (non-hydrogen) atoms. The van der Waals surface area contributed by atoms with Gasteiger partial charge in [0.1, 0.15) is 5.82 Å². The summed E-state index contributed by atoms with van der Waals surface area (Å²) in [6.07, 6.45) is -3.09. The van der Waals surface area contributed by atoms with Gasteiger partial charge in [0.15, 0.2) is 0 Å². The average molecular weight is 420 g/mol. The van der Waals surface area contributed by atoms with Gasteiger partial charge in [0.05, 0.1) is 11.3 Å². The molecule has 1 atom stereocenters. The molecule has 158 valence electrons. The van der Waals surface area contributed by atoms with Crippen molar-refractivity contribution in [3.05, 3.63) is 77.2 Å². The van der Waals surface area contributed by atoms with E-state index >= 15 is 0 Å². The van der Waals surface area contributed by atoms with E-state index in [0.29, 0.717) is 5.69 Å². The van der Waals surface area contributed by atoms with Gasteiger partial charge in [0.25, 0.3) is 5.91 Å². The lowest BCUT2D eigenvalue weighted by atomic mass is 9.99. The van der Waals surface area contributed by atoms with E-state index < -0.39 is 29.5 Å². The summed E-state index contributed by atoms with van der Waals surface area (Å²) >= 11 is 0. The van der Waals surface area contributed by atoms with Crippen LogP contribution < -0.4 is 11.1 Å². The lowest BCUT2D eigenvalue weighted by Gasteiger charge is -2.20. The van der Waals surface area contributed by atoms with Crippen LogP contribution in [0.15, 0.2) is 54.7 Å². The number of nitrogens with two attached hydrogens (primary N) is 1. The third-order valence-corrected chi connectivity index (χ3v) is 4.74. The molecule has 0 saturated carbocycles. The third-order valence-electron chi connectivity index (χ3n) is 4.74. The van der Waals surface area contributed by atoms with Gasteiger partial charge in [0, 0.05) is 37.0 Å². The van der Waals surface area contributed by atoms with Crippen molar-refractivity contribution in [1.29, 1.82) is 0 Å². The van der Waals surface area contributed by atoms with Crippen LogP contribution in [0.3, 0.4) is 0 Å². The number of aromatic nitrogens is 2. The van der Waals surface area contributed by atoms with Gasteiger partial charge in [-0.25, -0.2) is 4.39 Å². The van der Waals surface area contributed by atoms with Crippen LogP contribution in [0.4, 0.5) is 17.6 Å². The van der Waals surface area contributed by atoms with Crippen molar-refractivity contribution in [2.75, 3.05) is 6.54 Å². The number of alkyl halides is 3. The first-order chi connectivity index (χ1) is 14.2. The highest BCUT2D eigenvalue weighted by atomic mass is 19.4. The summed E-state index contributed by atoms with van der Waals surface area (Å²) in [5, 5.41) is 6.57. The molecule has 2 aromatic carbocycles. The maximum atomic E-state index is 14.5. The second kappa shape index (κ2) is 8.66. The Balaban J connectivity index is 1.77. The number of nitrogens with one attached hydrogen (secondary N) is 1. The molecular weight excluding hydrogens is 400 g/mol. The summed E-state index contributed by atoms with van der Waals surface area (Å²) in [6.45, 7) is -0.0759. The van der Waals surface area contributed by atoms with E-state index in [9.17, 15) is 22.4 Å². The molecule has 0 bridgehead atoms. The minimum Gasteiger partial charge on any atom is -0.348 e. The van der Waals surface area contributed by atoms with E-state index in [-0.39, 0.29) is 29.7 Å². The number of nitrogens with zero attached hydrogens (tertiary/aromatic N) is 2. The lowest BCUT2D eigenvalue weighted by molar-refractivity contribution is -0.138. The predicted molar refractivity (Wildman–Crippen MR) is 104 cm³/mol. The van der Waals surface area contributed by atoms with Gasteiger partial charge < -0.3 is 11.1 Å². The summed E-state index contributed by atoms with van der Waals surface area (Å²) < 4.78 is 55.6. The van der Waals surface area contributed by atoms with E-state index in [1.807, 2.05) is 0 Å². The number of benzene rings is 2. The Morgan fingerprint density at radius 3 is 2.53 bits per heavy atom. The van der Waals surface area contributed by atoms with E-state index in [0.717, 1.165) is 12.1 Å². The summed E-state index contributed by atoms with van der Waals surface area (Å²) in [4.78, 5) is 12.5. The number of hydrogen-bond donors (Lipinski definition) is 2. The van der Waals surface area contributed by atoms with Crippen LogP contribution >= 0.6 is 0 Å². The fourth-order valence-electron chi connectivity index (χ4n) is 3.20. The predicted octanol–water partition coefficient (Wildman–Crippen LogP) is 3.54. The van der Waals surface area contributed by atoms with Crippen molar-refractivity contribution in [2.24, 2.45) is 12.8 Å². The molecule has 0 saturated heterocycles. The molecule has 3 rings (SSSR count). The second-order valence-corrected chi connectivity index (χ2v) is 6.80. The zero-order valence-corrected chi connectivity index (χ0v) is 16.1. The van der Waals surface area contributed by atoms with E-state index in [1.54, 1.807) is 13.1 Å². The first kappa shape index (κ1) is 21.5. The van der Waals surface area contributed by atoms with Crippen molar-refractivity contribution < 1.29 is 22.4 Å². The van der Waals surface area contributed by atoms with Crippen LogP contribution in [0.1, 0.15) is 21.5 Å². The Bertz CT molecular complexity index is 1050. The van der Waals surface area contributed by atoms with Gasteiger partial charge >= 0.3 is 6.18 Å². The van der Waals surface area contributed by atoms with Gasteiger partial charge in [-0.1, -0.05) is 18.2 Å². The first-order valence-electron chi connectivity index (χ1n) is 9.14. The Morgan fingerprint density at radius 1 is 1.20 bits per heavy atom. The topological polar surface area (TPSA) is 72.9 Å². The third kappa shape index (κ3) is 4.68. The van der Waals surface area contributed by atoms with Crippen LogP contribution in [0.25, 0.3) is 11.3 Å². The van der Waals surface area contributed by atoms with Gasteiger partial charge in [-0.2, -0.15) is 18.3 Å². The summed E-state index contributed by atoms with van der Waals surface area (Å²) in [5.41, 5.74) is 5.78. The Hall–Kier alpha value is -3.20. The number of hydrogen-bond acceptors (Lipinski definition) is 3. The Labute approximate surface area is 170 Å². The number of carbonyl (C=O) groups is 1. The largest absolute Gasteiger partial charge is 0.416 e. The maximum absolute atomic E-state index is 14.5. The molecule has 5 nitrogen and oxygen atoms in total. The summed E-state index contributed by atoms with van der Waals surface area (Å²) in [5.74, 6) is -1.23. The number of carbonyl (C=O) groups excluding carboxylic acids is 1. The van der Waals surface area contributed by atoms with Crippen LogP contribution in [0.5, 0.6) is 0 Å². The molecule has 3 aromatic rings. The van der Waals surface area contributed by atoms with Gasteiger partial charge in [-0.05, 0) is 42.3 Å². The maximum Gasteiger partial charge on any atom is 0.416 e. The standard InChI is InChI=1S/C21H20F4N4O/c1-29-19(8-9-27-29)16-7-6-14(11-18(16)22)20(30)28-15(12-26)10-13-4-2-3-5-17(13)21(23,24)25/h2-9,11,15H,10,12,26H2,1H3,(H,28,30)/t15-/m0/s1. The van der Waals surface area contributed by atoms with E-state index in [4.69, 9.17) is 5.73 Å². The van der Waals surface area contributed by atoms with Gasteiger partial charge in [-0.15, -0.1) is 0 Å². The molecule has 9 heteroatoms. The van der Waals surface area contributed by atoms with Gasteiger partial charge in [0.2, 0.25) is 0 Å². The number of rotatable bonds is 6. The van der Waals surface area contributed by atoms with Crippen molar-refractivity contribution in [3.8, 4) is 11.3 Å². The highest BCUT2D eigenvalue weighted by molar-refractivity contribution is 5.95. The lowest BCUT2D eigenvalue weighted by Crippen LogP contribution is -2.42. The molecular formula is C21H20F4N4O. The quantitative estimate of drug-likeness (QED) is 0.599. The Kier molecular flexibility index (Phi) is 6.21. The number of aryl methyl sites for hydroxylation is 1. The molecule has 1 aromatic heterocycles. The smallest absolute Gasteiger partial charge is 0.348 e. The molecule has 0 fully saturated rings. The molecule has 1 heterocycles. The Morgan fingerprint density at radius 2 is 1.93 bits per heavy atom.